The van der Waals surface area contributed by atoms with Crippen molar-refractivity contribution in [3.05, 3.63) is 71.0 Å². The van der Waals surface area contributed by atoms with Crippen molar-refractivity contribution in [1.29, 1.82) is 5.26 Å². The summed E-state index contributed by atoms with van der Waals surface area (Å²) in [6.07, 6.45) is 1.74. The first-order valence-corrected chi connectivity index (χ1v) is 9.32. The molecule has 0 bridgehead atoms. The van der Waals surface area contributed by atoms with Crippen LogP contribution in [-0.2, 0) is 4.79 Å². The Labute approximate surface area is 163 Å². The summed E-state index contributed by atoms with van der Waals surface area (Å²) < 4.78 is 13.2. The van der Waals surface area contributed by atoms with E-state index in [4.69, 9.17) is 0 Å². The molecule has 0 unspecified atom stereocenters. The number of aliphatic hydroxyl groups is 1. The highest BCUT2D eigenvalue weighted by atomic mass is 19.1. The SMILES string of the molecule is N#C[C@H]1[C@H](c2ccc(C#Cc3cccc(F)c3)cc2)[C@@H](CO)N1C(=O)C1CC1. The number of nitriles is 1. The molecule has 0 spiro atoms. The van der Waals surface area contributed by atoms with Crippen molar-refractivity contribution in [2.75, 3.05) is 6.61 Å². The van der Waals surface area contributed by atoms with Gasteiger partial charge in [-0.3, -0.25) is 4.79 Å². The Morgan fingerprint density at radius 2 is 1.86 bits per heavy atom. The first-order valence-electron chi connectivity index (χ1n) is 9.32. The molecule has 1 amide bonds. The van der Waals surface area contributed by atoms with E-state index >= 15 is 0 Å². The van der Waals surface area contributed by atoms with E-state index in [1.807, 2.05) is 24.3 Å². The molecule has 1 saturated heterocycles. The lowest BCUT2D eigenvalue weighted by molar-refractivity contribution is -0.148. The highest BCUT2D eigenvalue weighted by molar-refractivity contribution is 5.83. The standard InChI is InChI=1S/C23H19FN2O2/c24-19-3-1-2-16(12-19)5-4-15-6-8-17(9-7-15)22-20(13-25)26(21(22)14-27)23(28)18-10-11-18/h1-3,6-9,12,18,20-22,27H,10-11,14H2/t20-,21+,22-/m0/s1. The first-order chi connectivity index (χ1) is 13.6. The van der Waals surface area contributed by atoms with Gasteiger partial charge in [-0.1, -0.05) is 30.0 Å². The van der Waals surface area contributed by atoms with Crippen LogP contribution in [0.1, 0.15) is 35.4 Å². The molecule has 0 radical (unpaired) electrons. The van der Waals surface area contributed by atoms with Crippen molar-refractivity contribution in [3.8, 4) is 17.9 Å². The van der Waals surface area contributed by atoms with Crippen LogP contribution in [0.2, 0.25) is 0 Å². The topological polar surface area (TPSA) is 64.3 Å². The van der Waals surface area contributed by atoms with Gasteiger partial charge in [0.25, 0.3) is 0 Å². The van der Waals surface area contributed by atoms with Gasteiger partial charge in [0.15, 0.2) is 0 Å². The van der Waals surface area contributed by atoms with Crippen LogP contribution < -0.4 is 0 Å². The number of hydrogen-bond acceptors (Lipinski definition) is 3. The quantitative estimate of drug-likeness (QED) is 0.841. The summed E-state index contributed by atoms with van der Waals surface area (Å²) in [5, 5.41) is 19.3. The largest absolute Gasteiger partial charge is 0.394 e. The van der Waals surface area contributed by atoms with Crippen molar-refractivity contribution in [1.82, 2.24) is 4.90 Å². The predicted molar refractivity (Wildman–Crippen MR) is 101 cm³/mol. The summed E-state index contributed by atoms with van der Waals surface area (Å²) in [4.78, 5) is 14.0. The van der Waals surface area contributed by atoms with Crippen LogP contribution >= 0.6 is 0 Å². The highest BCUT2D eigenvalue weighted by Gasteiger charge is 2.53. The van der Waals surface area contributed by atoms with Gasteiger partial charge < -0.3 is 10.0 Å². The molecule has 1 aliphatic heterocycles. The third-order valence-electron chi connectivity index (χ3n) is 5.38. The summed E-state index contributed by atoms with van der Waals surface area (Å²) >= 11 is 0. The molecular weight excluding hydrogens is 355 g/mol. The number of amides is 1. The Hall–Kier alpha value is -3.15. The molecule has 140 valence electrons. The molecule has 3 atom stereocenters. The Bertz CT molecular complexity index is 996. The minimum Gasteiger partial charge on any atom is -0.394 e. The summed E-state index contributed by atoms with van der Waals surface area (Å²) in [5.41, 5.74) is 2.27. The van der Waals surface area contributed by atoms with E-state index in [-0.39, 0.29) is 36.2 Å². The minimum atomic E-state index is -0.547. The molecule has 2 aliphatic rings. The van der Waals surface area contributed by atoms with Gasteiger partial charge in [-0.2, -0.15) is 5.26 Å². The number of likely N-dealkylation sites (tertiary alicyclic amines) is 1. The van der Waals surface area contributed by atoms with Crippen LogP contribution in [-0.4, -0.2) is 34.6 Å². The molecule has 2 aromatic rings. The molecule has 2 aromatic carbocycles. The average molecular weight is 374 g/mol. The third kappa shape index (κ3) is 3.38. The van der Waals surface area contributed by atoms with Crippen molar-refractivity contribution in [3.63, 3.8) is 0 Å². The molecule has 2 fully saturated rings. The molecule has 5 heteroatoms. The number of hydrogen-bond donors (Lipinski definition) is 1. The summed E-state index contributed by atoms with van der Waals surface area (Å²) in [6, 6.07) is 14.9. The lowest BCUT2D eigenvalue weighted by atomic mass is 9.75. The van der Waals surface area contributed by atoms with Crippen molar-refractivity contribution >= 4 is 5.91 Å². The fraction of sp³-hybridized carbons (Fsp3) is 0.304. The van der Waals surface area contributed by atoms with E-state index in [0.717, 1.165) is 24.0 Å². The molecule has 4 nitrogen and oxygen atoms in total. The van der Waals surface area contributed by atoms with E-state index < -0.39 is 6.04 Å². The third-order valence-corrected chi connectivity index (χ3v) is 5.38. The van der Waals surface area contributed by atoms with Gasteiger partial charge >= 0.3 is 0 Å². The smallest absolute Gasteiger partial charge is 0.227 e. The maximum absolute atomic E-state index is 13.2. The Balaban J connectivity index is 1.52. The average Bonchev–Trinajstić information content (AvgIpc) is 3.52. The molecule has 1 saturated carbocycles. The number of carbonyl (C=O) groups is 1. The van der Waals surface area contributed by atoms with Crippen LogP contribution in [0.4, 0.5) is 4.39 Å². The summed E-state index contributed by atoms with van der Waals surface area (Å²) in [6.45, 7) is -0.164. The van der Waals surface area contributed by atoms with Crippen LogP contribution in [0.25, 0.3) is 0 Å². The van der Waals surface area contributed by atoms with Crippen LogP contribution in [0, 0.1) is 34.9 Å². The zero-order valence-corrected chi connectivity index (χ0v) is 15.2. The Morgan fingerprint density at radius 3 is 2.46 bits per heavy atom. The number of halogens is 1. The van der Waals surface area contributed by atoms with E-state index in [1.165, 1.54) is 12.1 Å². The second-order valence-electron chi connectivity index (χ2n) is 7.25. The van der Waals surface area contributed by atoms with E-state index in [1.54, 1.807) is 17.0 Å². The van der Waals surface area contributed by atoms with E-state index in [0.29, 0.717) is 5.56 Å². The molecule has 1 N–H and O–H groups in total. The molecule has 4 rings (SSSR count). The maximum atomic E-state index is 13.2. The predicted octanol–water partition coefficient (Wildman–Crippen LogP) is 2.81. The number of nitrogens with zero attached hydrogens (tertiary/aromatic N) is 2. The van der Waals surface area contributed by atoms with Gasteiger partial charge in [0, 0.05) is 23.0 Å². The first kappa shape index (κ1) is 18.2. The second kappa shape index (κ2) is 7.46. The summed E-state index contributed by atoms with van der Waals surface area (Å²) in [7, 11) is 0. The monoisotopic (exact) mass is 374 g/mol. The zero-order valence-electron chi connectivity index (χ0n) is 15.2. The van der Waals surface area contributed by atoms with Gasteiger partial charge in [0.05, 0.1) is 18.7 Å². The van der Waals surface area contributed by atoms with Crippen LogP contribution in [0.15, 0.2) is 48.5 Å². The number of benzene rings is 2. The number of aliphatic hydroxyl groups excluding tert-OH is 1. The van der Waals surface area contributed by atoms with Gasteiger partial charge in [-0.05, 0) is 48.7 Å². The molecule has 0 aromatic heterocycles. The van der Waals surface area contributed by atoms with Crippen molar-refractivity contribution in [2.24, 2.45) is 5.92 Å². The second-order valence-corrected chi connectivity index (χ2v) is 7.25. The van der Waals surface area contributed by atoms with Gasteiger partial charge in [-0.25, -0.2) is 4.39 Å². The highest BCUT2D eigenvalue weighted by Crippen LogP contribution is 2.44. The Kier molecular flexibility index (Phi) is 4.86. The van der Waals surface area contributed by atoms with Gasteiger partial charge in [0.1, 0.15) is 11.9 Å². The van der Waals surface area contributed by atoms with Crippen LogP contribution in [0.5, 0.6) is 0 Å². The van der Waals surface area contributed by atoms with Gasteiger partial charge in [0.2, 0.25) is 5.91 Å². The van der Waals surface area contributed by atoms with Crippen LogP contribution in [0.3, 0.4) is 0 Å². The maximum Gasteiger partial charge on any atom is 0.227 e. The van der Waals surface area contributed by atoms with E-state index in [2.05, 4.69) is 17.9 Å². The lowest BCUT2D eigenvalue weighted by Gasteiger charge is -2.51. The molecule has 28 heavy (non-hydrogen) atoms. The zero-order chi connectivity index (χ0) is 19.7. The minimum absolute atomic E-state index is 0.0144. The lowest BCUT2D eigenvalue weighted by Crippen LogP contribution is -2.65. The number of carbonyl (C=O) groups excluding carboxylic acids is 1. The molecule has 1 heterocycles. The molecular formula is C23H19FN2O2. The molecule has 1 aliphatic carbocycles. The van der Waals surface area contributed by atoms with E-state index in [9.17, 15) is 19.6 Å². The number of rotatable bonds is 3. The fourth-order valence-corrected chi connectivity index (χ4v) is 3.75. The van der Waals surface area contributed by atoms with Crippen molar-refractivity contribution < 1.29 is 14.3 Å². The van der Waals surface area contributed by atoms with Crippen molar-refractivity contribution in [2.45, 2.75) is 30.8 Å². The summed E-state index contributed by atoms with van der Waals surface area (Å²) in [5.74, 6) is 5.40. The normalized spacial score (nSPS) is 23.2. The van der Waals surface area contributed by atoms with Gasteiger partial charge in [-0.15, -0.1) is 0 Å². The fourth-order valence-electron chi connectivity index (χ4n) is 3.75. The Morgan fingerprint density at radius 1 is 1.14 bits per heavy atom.